The van der Waals surface area contributed by atoms with E-state index >= 15 is 0 Å². The topological polar surface area (TPSA) is 43.0 Å². The molecule has 0 unspecified atom stereocenters. The average molecular weight is 318 g/mol. The highest BCUT2D eigenvalue weighted by Crippen LogP contribution is 2.30. The van der Waals surface area contributed by atoms with E-state index < -0.39 is 6.10 Å². The number of nitrogens with zero attached hydrogens (tertiary/aromatic N) is 3. The molecule has 0 bridgehead atoms. The third-order valence-corrected chi connectivity index (χ3v) is 4.64. The Morgan fingerprint density at radius 1 is 1.23 bits per heavy atom. The molecule has 116 valence electrons. The minimum atomic E-state index is -0.502. The monoisotopic (exact) mass is 317 g/mol. The third kappa shape index (κ3) is 2.53. The van der Waals surface area contributed by atoms with E-state index in [2.05, 4.69) is 29.5 Å². The third-order valence-electron chi connectivity index (χ3n) is 4.33. The molecule has 0 aliphatic heterocycles. The number of halogens is 1. The number of aryl methyl sites for hydroxylation is 2. The fourth-order valence-electron chi connectivity index (χ4n) is 2.98. The molecule has 0 fully saturated rings. The molecule has 2 heterocycles. The maximum absolute atomic E-state index is 10.5. The number of aromatic nitrogens is 3. The molecule has 4 nitrogen and oxygen atoms in total. The van der Waals surface area contributed by atoms with Crippen LogP contribution < -0.4 is 0 Å². The SMILES string of the molecule is Cc1c(C)n(C[C@H](O)Cn2ccnc2C)c2c(Cl)cccc12. The van der Waals surface area contributed by atoms with E-state index in [0.29, 0.717) is 13.1 Å². The first-order valence-electron chi connectivity index (χ1n) is 7.38. The molecule has 0 amide bonds. The lowest BCUT2D eigenvalue weighted by molar-refractivity contribution is 0.134. The standard InChI is InChI=1S/C17H20ClN3O/c1-11-12(2)21(17-15(11)5-4-6-16(17)18)10-14(22)9-20-8-7-19-13(20)3/h4-8,14,22H,9-10H2,1-3H3/t14-/m1/s1. The maximum Gasteiger partial charge on any atom is 0.105 e. The van der Waals surface area contributed by atoms with Crippen LogP contribution in [0.2, 0.25) is 5.02 Å². The van der Waals surface area contributed by atoms with Gasteiger partial charge in [-0.3, -0.25) is 0 Å². The highest BCUT2D eigenvalue weighted by Gasteiger charge is 2.16. The van der Waals surface area contributed by atoms with Crippen molar-refractivity contribution in [2.45, 2.75) is 40.0 Å². The largest absolute Gasteiger partial charge is 0.389 e. The van der Waals surface area contributed by atoms with Gasteiger partial charge in [0.2, 0.25) is 0 Å². The Kier molecular flexibility index (Phi) is 3.98. The summed E-state index contributed by atoms with van der Waals surface area (Å²) in [4.78, 5) is 4.19. The van der Waals surface area contributed by atoms with Gasteiger partial charge in [-0.05, 0) is 32.4 Å². The molecule has 22 heavy (non-hydrogen) atoms. The smallest absolute Gasteiger partial charge is 0.105 e. The number of rotatable bonds is 4. The Morgan fingerprint density at radius 2 is 2.00 bits per heavy atom. The summed E-state index contributed by atoms with van der Waals surface area (Å²) in [7, 11) is 0. The van der Waals surface area contributed by atoms with Crippen molar-refractivity contribution in [3.63, 3.8) is 0 Å². The van der Waals surface area contributed by atoms with Crippen LogP contribution in [0.5, 0.6) is 0 Å². The molecule has 0 aliphatic carbocycles. The Morgan fingerprint density at radius 3 is 2.68 bits per heavy atom. The summed E-state index contributed by atoms with van der Waals surface area (Å²) in [5.41, 5.74) is 3.36. The molecule has 0 saturated carbocycles. The van der Waals surface area contributed by atoms with Crippen molar-refractivity contribution in [3.8, 4) is 0 Å². The van der Waals surface area contributed by atoms with Gasteiger partial charge in [-0.2, -0.15) is 0 Å². The fourth-order valence-corrected chi connectivity index (χ4v) is 3.25. The molecule has 5 heteroatoms. The van der Waals surface area contributed by atoms with Crippen LogP contribution in [0, 0.1) is 20.8 Å². The molecule has 2 aromatic heterocycles. The maximum atomic E-state index is 10.5. The number of imidazole rings is 1. The summed E-state index contributed by atoms with van der Waals surface area (Å²) in [6.45, 7) is 7.13. The summed E-state index contributed by atoms with van der Waals surface area (Å²) in [5, 5.41) is 12.3. The van der Waals surface area contributed by atoms with Crippen LogP contribution >= 0.6 is 11.6 Å². The first-order valence-corrected chi connectivity index (χ1v) is 7.76. The molecule has 3 rings (SSSR count). The van der Waals surface area contributed by atoms with Crippen molar-refractivity contribution >= 4 is 22.5 Å². The van der Waals surface area contributed by atoms with Crippen molar-refractivity contribution in [2.24, 2.45) is 0 Å². The molecule has 1 N–H and O–H groups in total. The second-order valence-electron chi connectivity index (χ2n) is 5.74. The number of benzene rings is 1. The van der Waals surface area contributed by atoms with E-state index in [0.717, 1.165) is 27.4 Å². The zero-order valence-electron chi connectivity index (χ0n) is 13.0. The molecule has 1 atom stereocenters. The normalized spacial score (nSPS) is 13.0. The van der Waals surface area contributed by atoms with Gasteiger partial charge >= 0.3 is 0 Å². The van der Waals surface area contributed by atoms with Gasteiger partial charge in [0, 0.05) is 23.5 Å². The Labute approximate surface area is 135 Å². The van der Waals surface area contributed by atoms with Crippen LogP contribution in [0.3, 0.4) is 0 Å². The van der Waals surface area contributed by atoms with Crippen LogP contribution in [-0.4, -0.2) is 25.3 Å². The van der Waals surface area contributed by atoms with Crippen LogP contribution in [0.15, 0.2) is 30.6 Å². The summed E-state index contributed by atoms with van der Waals surface area (Å²) < 4.78 is 4.07. The van der Waals surface area contributed by atoms with Gasteiger partial charge < -0.3 is 14.2 Å². The van der Waals surface area contributed by atoms with Gasteiger partial charge in [0.25, 0.3) is 0 Å². The van der Waals surface area contributed by atoms with Crippen molar-refractivity contribution in [1.82, 2.24) is 14.1 Å². The van der Waals surface area contributed by atoms with Crippen LogP contribution in [-0.2, 0) is 13.1 Å². The lowest BCUT2D eigenvalue weighted by Crippen LogP contribution is -2.23. The number of hydrogen-bond acceptors (Lipinski definition) is 2. The zero-order valence-corrected chi connectivity index (χ0v) is 13.8. The molecular weight excluding hydrogens is 298 g/mol. The minimum Gasteiger partial charge on any atom is -0.389 e. The van der Waals surface area contributed by atoms with Crippen LogP contribution in [0.25, 0.3) is 10.9 Å². The average Bonchev–Trinajstić information content (AvgIpc) is 2.98. The lowest BCUT2D eigenvalue weighted by atomic mass is 10.2. The lowest BCUT2D eigenvalue weighted by Gasteiger charge is -2.16. The first-order chi connectivity index (χ1) is 10.5. The van der Waals surface area contributed by atoms with E-state index in [4.69, 9.17) is 11.6 Å². The first kappa shape index (κ1) is 15.1. The highest BCUT2D eigenvalue weighted by molar-refractivity contribution is 6.35. The predicted octanol–water partition coefficient (Wildman–Crippen LogP) is 3.48. The summed E-state index contributed by atoms with van der Waals surface area (Å²) >= 11 is 6.38. The fraction of sp³-hybridized carbons (Fsp3) is 0.353. The van der Waals surface area contributed by atoms with Crippen molar-refractivity contribution in [2.75, 3.05) is 0 Å². The van der Waals surface area contributed by atoms with E-state index in [-0.39, 0.29) is 0 Å². The summed E-state index contributed by atoms with van der Waals surface area (Å²) in [6.07, 6.45) is 3.13. The zero-order chi connectivity index (χ0) is 15.9. The molecule has 0 saturated heterocycles. The predicted molar refractivity (Wildman–Crippen MR) is 89.4 cm³/mol. The number of para-hydroxylation sites is 1. The Balaban J connectivity index is 1.94. The molecule has 0 aliphatic rings. The van der Waals surface area contributed by atoms with E-state index in [1.54, 1.807) is 6.20 Å². The van der Waals surface area contributed by atoms with Crippen molar-refractivity contribution < 1.29 is 5.11 Å². The summed E-state index contributed by atoms with van der Waals surface area (Å²) in [5.74, 6) is 0.905. The van der Waals surface area contributed by atoms with Gasteiger partial charge in [0.1, 0.15) is 5.82 Å². The minimum absolute atomic E-state index is 0.502. The van der Waals surface area contributed by atoms with Gasteiger partial charge in [-0.25, -0.2) is 4.98 Å². The molecular formula is C17H20ClN3O. The Hall–Kier alpha value is -1.78. The van der Waals surface area contributed by atoms with Crippen molar-refractivity contribution in [1.29, 1.82) is 0 Å². The summed E-state index contributed by atoms with van der Waals surface area (Å²) in [6, 6.07) is 5.94. The second kappa shape index (κ2) is 5.78. The molecule has 0 spiro atoms. The van der Waals surface area contributed by atoms with Crippen LogP contribution in [0.4, 0.5) is 0 Å². The quantitative estimate of drug-likeness (QED) is 0.800. The van der Waals surface area contributed by atoms with Crippen molar-refractivity contribution in [3.05, 3.63) is 52.7 Å². The van der Waals surface area contributed by atoms with E-state index in [1.165, 1.54) is 5.56 Å². The van der Waals surface area contributed by atoms with Gasteiger partial charge in [0.15, 0.2) is 0 Å². The molecule has 3 aromatic rings. The molecule has 1 aromatic carbocycles. The number of hydrogen-bond donors (Lipinski definition) is 1. The number of aliphatic hydroxyl groups is 1. The Bertz CT molecular complexity index is 819. The number of fused-ring (bicyclic) bond motifs is 1. The number of aliphatic hydroxyl groups excluding tert-OH is 1. The van der Waals surface area contributed by atoms with Crippen LogP contribution in [0.1, 0.15) is 17.1 Å². The van der Waals surface area contributed by atoms with E-state index in [1.807, 2.05) is 29.8 Å². The molecule has 0 radical (unpaired) electrons. The van der Waals surface area contributed by atoms with Gasteiger partial charge in [-0.1, -0.05) is 23.7 Å². The highest BCUT2D eigenvalue weighted by atomic mass is 35.5. The van der Waals surface area contributed by atoms with E-state index in [9.17, 15) is 5.11 Å². The van der Waals surface area contributed by atoms with Gasteiger partial charge in [-0.15, -0.1) is 0 Å². The van der Waals surface area contributed by atoms with Gasteiger partial charge in [0.05, 0.1) is 29.7 Å². The second-order valence-corrected chi connectivity index (χ2v) is 6.14.